The molecule has 66 valence electrons. The minimum atomic E-state index is 0. The highest BCUT2D eigenvalue weighted by molar-refractivity contribution is 9.10. The third kappa shape index (κ3) is 2.12. The molecular weight excluding hydrogens is 261 g/mol. The second-order valence-corrected chi connectivity index (χ2v) is 4.06. The molecule has 1 fully saturated rings. The lowest BCUT2D eigenvalue weighted by molar-refractivity contribution is 1.02. The maximum atomic E-state index is 5.90. The van der Waals surface area contributed by atoms with E-state index in [1.54, 1.807) is 6.20 Å². The van der Waals surface area contributed by atoms with Crippen molar-refractivity contribution in [2.24, 2.45) is 0 Å². The Labute approximate surface area is 91.1 Å². The van der Waals surface area contributed by atoms with E-state index in [4.69, 9.17) is 11.6 Å². The topological polar surface area (TPSA) is 12.9 Å². The third-order valence-electron chi connectivity index (χ3n) is 1.83. The molecule has 12 heavy (non-hydrogen) atoms. The van der Waals surface area contributed by atoms with Crippen LogP contribution in [-0.2, 0) is 0 Å². The van der Waals surface area contributed by atoms with Gasteiger partial charge < -0.3 is 0 Å². The van der Waals surface area contributed by atoms with Crippen molar-refractivity contribution in [2.45, 2.75) is 18.8 Å². The van der Waals surface area contributed by atoms with Gasteiger partial charge in [0.25, 0.3) is 0 Å². The molecule has 1 aromatic heterocycles. The standard InChI is InChI=1S/C8H7BrClN.ClH/c9-6-4-11-8(3-7(6)10)5-1-2-5;/h3-5H,1-2H2;1H. The molecule has 1 heterocycles. The SMILES string of the molecule is Cl.Clc1cc(C2CC2)ncc1Br. The molecule has 2 rings (SSSR count). The molecule has 1 aliphatic rings. The van der Waals surface area contributed by atoms with Gasteiger partial charge in [0.05, 0.1) is 9.50 Å². The van der Waals surface area contributed by atoms with E-state index in [1.807, 2.05) is 6.07 Å². The van der Waals surface area contributed by atoms with Gasteiger partial charge in [-0.15, -0.1) is 12.4 Å². The van der Waals surface area contributed by atoms with Crippen molar-refractivity contribution < 1.29 is 0 Å². The van der Waals surface area contributed by atoms with Crippen LogP contribution in [0.15, 0.2) is 16.7 Å². The van der Waals surface area contributed by atoms with E-state index in [1.165, 1.54) is 12.8 Å². The van der Waals surface area contributed by atoms with Crippen LogP contribution in [-0.4, -0.2) is 4.98 Å². The van der Waals surface area contributed by atoms with Gasteiger partial charge >= 0.3 is 0 Å². The van der Waals surface area contributed by atoms with E-state index in [9.17, 15) is 0 Å². The minimum Gasteiger partial charge on any atom is -0.260 e. The molecule has 0 radical (unpaired) electrons. The van der Waals surface area contributed by atoms with Crippen LogP contribution in [0.4, 0.5) is 0 Å². The van der Waals surface area contributed by atoms with Gasteiger partial charge in [0.1, 0.15) is 0 Å². The normalized spacial score (nSPS) is 15.5. The molecule has 0 amide bonds. The number of aromatic nitrogens is 1. The smallest absolute Gasteiger partial charge is 0.0581 e. The molecule has 1 aromatic rings. The third-order valence-corrected chi connectivity index (χ3v) is 3.00. The summed E-state index contributed by atoms with van der Waals surface area (Å²) in [7, 11) is 0. The molecule has 1 aliphatic carbocycles. The summed E-state index contributed by atoms with van der Waals surface area (Å²) in [4.78, 5) is 4.27. The number of hydrogen-bond acceptors (Lipinski definition) is 1. The Morgan fingerprint density at radius 2 is 2.17 bits per heavy atom. The Hall–Kier alpha value is 0.210. The van der Waals surface area contributed by atoms with Crippen LogP contribution < -0.4 is 0 Å². The molecule has 0 spiro atoms. The molecule has 0 unspecified atom stereocenters. The first-order valence-electron chi connectivity index (χ1n) is 3.58. The highest BCUT2D eigenvalue weighted by atomic mass is 79.9. The summed E-state index contributed by atoms with van der Waals surface area (Å²) in [6.45, 7) is 0. The lowest BCUT2D eigenvalue weighted by Gasteiger charge is -1.98. The maximum absolute atomic E-state index is 5.90. The Morgan fingerprint density at radius 1 is 1.50 bits per heavy atom. The lowest BCUT2D eigenvalue weighted by atomic mass is 10.2. The fourth-order valence-corrected chi connectivity index (χ4v) is 1.41. The summed E-state index contributed by atoms with van der Waals surface area (Å²) < 4.78 is 0.878. The van der Waals surface area contributed by atoms with Crippen LogP contribution in [0.5, 0.6) is 0 Å². The van der Waals surface area contributed by atoms with Crippen molar-refractivity contribution in [3.63, 3.8) is 0 Å². The number of nitrogens with zero attached hydrogens (tertiary/aromatic N) is 1. The Balaban J connectivity index is 0.000000720. The summed E-state index contributed by atoms with van der Waals surface area (Å²) in [5, 5.41) is 0.766. The molecular formula is C8H8BrCl2N. The van der Waals surface area contributed by atoms with Gasteiger partial charge in [0.15, 0.2) is 0 Å². The lowest BCUT2D eigenvalue weighted by Crippen LogP contribution is -1.85. The summed E-state index contributed by atoms with van der Waals surface area (Å²) in [5.74, 6) is 0.681. The summed E-state index contributed by atoms with van der Waals surface area (Å²) in [6.07, 6.45) is 4.31. The fourth-order valence-electron chi connectivity index (χ4n) is 1.03. The highest BCUT2D eigenvalue weighted by Crippen LogP contribution is 2.40. The predicted molar refractivity (Wildman–Crippen MR) is 56.2 cm³/mol. The van der Waals surface area contributed by atoms with Gasteiger partial charge in [-0.25, -0.2) is 0 Å². The second-order valence-electron chi connectivity index (χ2n) is 2.80. The first kappa shape index (κ1) is 10.3. The van der Waals surface area contributed by atoms with E-state index in [-0.39, 0.29) is 12.4 Å². The van der Waals surface area contributed by atoms with E-state index < -0.39 is 0 Å². The van der Waals surface area contributed by atoms with E-state index >= 15 is 0 Å². The quantitative estimate of drug-likeness (QED) is 0.755. The summed E-state index contributed by atoms with van der Waals surface area (Å²) >= 11 is 9.20. The Bertz CT molecular complexity index is 286. The van der Waals surface area contributed by atoms with Crippen molar-refractivity contribution in [3.8, 4) is 0 Å². The van der Waals surface area contributed by atoms with Gasteiger partial charge in [-0.3, -0.25) is 4.98 Å². The van der Waals surface area contributed by atoms with Crippen LogP contribution in [0.1, 0.15) is 24.5 Å². The number of halogens is 3. The van der Waals surface area contributed by atoms with E-state index in [0.29, 0.717) is 5.92 Å². The molecule has 4 heteroatoms. The molecule has 1 nitrogen and oxygen atoms in total. The maximum Gasteiger partial charge on any atom is 0.0581 e. The van der Waals surface area contributed by atoms with Crippen LogP contribution in [0.2, 0.25) is 5.02 Å². The van der Waals surface area contributed by atoms with Crippen LogP contribution >= 0.6 is 39.9 Å². The van der Waals surface area contributed by atoms with E-state index in [0.717, 1.165) is 15.2 Å². The zero-order valence-corrected chi connectivity index (χ0v) is 9.42. The number of rotatable bonds is 1. The van der Waals surface area contributed by atoms with Crippen LogP contribution in [0, 0.1) is 0 Å². The highest BCUT2D eigenvalue weighted by Gasteiger charge is 2.25. The van der Waals surface area contributed by atoms with Crippen molar-refractivity contribution in [1.82, 2.24) is 4.98 Å². The first-order valence-corrected chi connectivity index (χ1v) is 4.75. The monoisotopic (exact) mass is 267 g/mol. The van der Waals surface area contributed by atoms with Gasteiger partial charge in [0, 0.05) is 17.8 Å². The summed E-state index contributed by atoms with van der Waals surface area (Å²) in [5.41, 5.74) is 1.14. The fraction of sp³-hybridized carbons (Fsp3) is 0.375. The van der Waals surface area contributed by atoms with Crippen molar-refractivity contribution in [3.05, 3.63) is 27.5 Å². The van der Waals surface area contributed by atoms with Gasteiger partial charge in [0.2, 0.25) is 0 Å². The molecule has 0 aromatic carbocycles. The zero-order chi connectivity index (χ0) is 7.84. The van der Waals surface area contributed by atoms with Crippen LogP contribution in [0.25, 0.3) is 0 Å². The molecule has 0 atom stereocenters. The van der Waals surface area contributed by atoms with Crippen LogP contribution in [0.3, 0.4) is 0 Å². The average Bonchev–Trinajstić information content (AvgIpc) is 2.77. The number of hydrogen-bond donors (Lipinski definition) is 0. The zero-order valence-electron chi connectivity index (χ0n) is 6.26. The van der Waals surface area contributed by atoms with E-state index in [2.05, 4.69) is 20.9 Å². The molecule has 0 N–H and O–H groups in total. The predicted octanol–water partition coefficient (Wildman–Crippen LogP) is 3.80. The van der Waals surface area contributed by atoms with Gasteiger partial charge in [-0.1, -0.05) is 11.6 Å². The summed E-state index contributed by atoms with van der Waals surface area (Å²) in [6, 6.07) is 1.95. The van der Waals surface area contributed by atoms with Gasteiger partial charge in [-0.2, -0.15) is 0 Å². The minimum absolute atomic E-state index is 0. The van der Waals surface area contributed by atoms with Crippen molar-refractivity contribution in [2.75, 3.05) is 0 Å². The Kier molecular flexibility index (Phi) is 3.38. The van der Waals surface area contributed by atoms with Crippen molar-refractivity contribution >= 4 is 39.9 Å². The number of pyridine rings is 1. The first-order chi connectivity index (χ1) is 5.27. The Morgan fingerprint density at radius 3 is 2.67 bits per heavy atom. The molecule has 0 bridgehead atoms. The average molecular weight is 269 g/mol. The molecule has 0 aliphatic heterocycles. The molecule has 0 saturated heterocycles. The largest absolute Gasteiger partial charge is 0.260 e. The second kappa shape index (κ2) is 3.95. The molecule has 1 saturated carbocycles. The van der Waals surface area contributed by atoms with Crippen molar-refractivity contribution in [1.29, 1.82) is 0 Å². The van der Waals surface area contributed by atoms with Gasteiger partial charge in [-0.05, 0) is 34.8 Å².